The van der Waals surface area contributed by atoms with E-state index in [-0.39, 0.29) is 60.7 Å². The maximum atomic E-state index is 14.4. The van der Waals surface area contributed by atoms with Gasteiger partial charge in [-0.3, -0.25) is 9.52 Å². The van der Waals surface area contributed by atoms with Crippen LogP contribution in [0.3, 0.4) is 0 Å². The average molecular weight is 711 g/mol. The Kier molecular flexibility index (Phi) is 12.1. The van der Waals surface area contributed by atoms with Gasteiger partial charge in [-0.15, -0.1) is 0 Å². The van der Waals surface area contributed by atoms with Crippen LogP contribution in [0.5, 0.6) is 17.2 Å². The number of hydrogen-bond acceptors (Lipinski definition) is 9. The summed E-state index contributed by atoms with van der Waals surface area (Å²) in [6.07, 6.45) is 1.54. The summed E-state index contributed by atoms with van der Waals surface area (Å²) < 4.78 is 52.3. The van der Waals surface area contributed by atoms with Gasteiger partial charge < -0.3 is 39.2 Å². The van der Waals surface area contributed by atoms with E-state index in [0.29, 0.717) is 36.0 Å². The molecule has 0 spiro atoms. The second-order valence-corrected chi connectivity index (χ2v) is 14.5. The summed E-state index contributed by atoms with van der Waals surface area (Å²) in [6, 6.07) is 16.8. The molecule has 4 atom stereocenters. The molecule has 5 rings (SSSR count). The highest BCUT2D eigenvalue weighted by molar-refractivity contribution is 7.92. The molecule has 0 aromatic heterocycles. The van der Waals surface area contributed by atoms with Crippen LogP contribution in [-0.2, 0) is 14.8 Å². The van der Waals surface area contributed by atoms with Crippen molar-refractivity contribution < 1.29 is 42.1 Å². The van der Waals surface area contributed by atoms with Gasteiger partial charge in [0.05, 0.1) is 35.3 Å². The maximum Gasteiger partial charge on any atom is 0.321 e. The summed E-state index contributed by atoms with van der Waals surface area (Å²) in [5.74, 6) is 0.768. The Balaban J connectivity index is 1.38. The number of carbonyl (C=O) groups is 2. The first-order chi connectivity index (χ1) is 23.9. The minimum Gasteiger partial charge on any atom is -0.490 e. The standard InChI is InChI=1S/C36H46N4O9S/c1-24-20-40(25(2)22-41)35(42)30-18-28(38-50(44,45)29-11-6-5-7-12-29)14-15-31(30)49-26(3)10-8-9-17-46-34(24)21-39(4)36(43)37-27-13-16-32-33(19-27)48-23-47-32/h5-7,11-16,18-19,24-26,34,38,41H,8-10,17,20-23H2,1-4H3,(H,37,43)/t24-,25+,26-,34+/m0/s1. The molecule has 3 amide bonds. The molecule has 3 aromatic carbocycles. The first-order valence-electron chi connectivity index (χ1n) is 16.8. The van der Waals surface area contributed by atoms with E-state index in [2.05, 4.69) is 10.0 Å². The molecule has 50 heavy (non-hydrogen) atoms. The van der Waals surface area contributed by atoms with E-state index >= 15 is 0 Å². The second kappa shape index (κ2) is 16.5. The van der Waals surface area contributed by atoms with Crippen molar-refractivity contribution in [2.45, 2.75) is 63.2 Å². The zero-order valence-corrected chi connectivity index (χ0v) is 29.6. The number of aliphatic hydroxyl groups excluding tert-OH is 1. The minimum atomic E-state index is -3.93. The number of aliphatic hydroxyl groups is 1. The van der Waals surface area contributed by atoms with Crippen LogP contribution in [-0.4, -0.2) is 93.7 Å². The molecule has 14 heteroatoms. The first-order valence-corrected chi connectivity index (χ1v) is 18.3. The number of likely N-dealkylation sites (N-methyl/N-ethyl adjacent to an activating group) is 1. The highest BCUT2D eigenvalue weighted by Crippen LogP contribution is 2.34. The highest BCUT2D eigenvalue weighted by atomic mass is 32.2. The van der Waals surface area contributed by atoms with Crippen molar-refractivity contribution in [2.75, 3.05) is 50.2 Å². The van der Waals surface area contributed by atoms with E-state index in [1.54, 1.807) is 67.4 Å². The third kappa shape index (κ3) is 9.17. The van der Waals surface area contributed by atoms with Gasteiger partial charge in [0.25, 0.3) is 15.9 Å². The lowest BCUT2D eigenvalue weighted by Gasteiger charge is -2.35. The zero-order valence-electron chi connectivity index (χ0n) is 28.8. The van der Waals surface area contributed by atoms with Crippen molar-refractivity contribution in [3.8, 4) is 17.2 Å². The summed E-state index contributed by atoms with van der Waals surface area (Å²) in [5, 5.41) is 13.1. The lowest BCUT2D eigenvalue weighted by atomic mass is 10.0. The molecule has 0 fully saturated rings. The predicted molar refractivity (Wildman–Crippen MR) is 188 cm³/mol. The van der Waals surface area contributed by atoms with E-state index in [9.17, 15) is 23.1 Å². The number of hydrogen-bond donors (Lipinski definition) is 3. The van der Waals surface area contributed by atoms with Crippen LogP contribution in [0.4, 0.5) is 16.2 Å². The molecule has 13 nitrogen and oxygen atoms in total. The molecule has 0 aliphatic carbocycles. The number of nitrogens with zero attached hydrogens (tertiary/aromatic N) is 2. The van der Waals surface area contributed by atoms with Crippen molar-refractivity contribution in [1.82, 2.24) is 9.80 Å². The molecule has 270 valence electrons. The van der Waals surface area contributed by atoms with Gasteiger partial charge in [-0.1, -0.05) is 25.1 Å². The largest absolute Gasteiger partial charge is 0.490 e. The number of amides is 3. The molecule has 0 unspecified atom stereocenters. The molecule has 3 N–H and O–H groups in total. The Bertz CT molecular complexity index is 1740. The van der Waals surface area contributed by atoms with Gasteiger partial charge in [-0.2, -0.15) is 0 Å². The quantitative estimate of drug-likeness (QED) is 0.287. The van der Waals surface area contributed by atoms with E-state index < -0.39 is 28.1 Å². The Morgan fingerprint density at radius 2 is 1.72 bits per heavy atom. The van der Waals surface area contributed by atoms with Crippen molar-refractivity contribution >= 4 is 33.3 Å². The molecule has 2 heterocycles. The molecular weight excluding hydrogens is 664 g/mol. The third-order valence-corrected chi connectivity index (χ3v) is 10.2. The van der Waals surface area contributed by atoms with Crippen molar-refractivity contribution in [1.29, 1.82) is 0 Å². The van der Waals surface area contributed by atoms with Crippen molar-refractivity contribution in [3.05, 3.63) is 72.3 Å². The molecular formula is C36H46N4O9S. The van der Waals surface area contributed by atoms with Gasteiger partial charge in [0, 0.05) is 50.1 Å². The summed E-state index contributed by atoms with van der Waals surface area (Å²) >= 11 is 0. The van der Waals surface area contributed by atoms with Crippen LogP contribution in [0, 0.1) is 5.92 Å². The van der Waals surface area contributed by atoms with E-state index in [0.717, 1.165) is 12.8 Å². The molecule has 3 aromatic rings. The number of ether oxygens (including phenoxy) is 4. The minimum absolute atomic E-state index is 0.0845. The van der Waals surface area contributed by atoms with Crippen LogP contribution in [0.2, 0.25) is 0 Å². The van der Waals surface area contributed by atoms with Crippen LogP contribution in [0.15, 0.2) is 71.6 Å². The second-order valence-electron chi connectivity index (χ2n) is 12.8. The number of anilines is 2. The van der Waals surface area contributed by atoms with E-state index in [1.165, 1.54) is 23.1 Å². The van der Waals surface area contributed by atoms with Crippen LogP contribution >= 0.6 is 0 Å². The maximum absolute atomic E-state index is 14.4. The summed E-state index contributed by atoms with van der Waals surface area (Å²) in [4.78, 5) is 30.8. The Morgan fingerprint density at radius 1 is 1.00 bits per heavy atom. The number of fused-ring (bicyclic) bond motifs is 2. The molecule has 2 aliphatic heterocycles. The van der Waals surface area contributed by atoms with Crippen molar-refractivity contribution in [2.24, 2.45) is 5.92 Å². The van der Waals surface area contributed by atoms with Gasteiger partial charge >= 0.3 is 6.03 Å². The highest BCUT2D eigenvalue weighted by Gasteiger charge is 2.31. The average Bonchev–Trinajstić information content (AvgIpc) is 3.57. The number of benzene rings is 3. The van der Waals surface area contributed by atoms with Crippen molar-refractivity contribution in [3.63, 3.8) is 0 Å². The lowest BCUT2D eigenvalue weighted by Crippen LogP contribution is -2.48. The third-order valence-electron chi connectivity index (χ3n) is 8.78. The first kappa shape index (κ1) is 36.7. The summed E-state index contributed by atoms with van der Waals surface area (Å²) in [7, 11) is -2.25. The van der Waals surface area contributed by atoms with Gasteiger partial charge in [0.1, 0.15) is 5.75 Å². The fraction of sp³-hybridized carbons (Fsp3) is 0.444. The number of rotatable bonds is 8. The Labute approximate surface area is 293 Å². The van der Waals surface area contributed by atoms with Crippen LogP contribution < -0.4 is 24.2 Å². The predicted octanol–water partition coefficient (Wildman–Crippen LogP) is 5.18. The van der Waals surface area contributed by atoms with Gasteiger partial charge in [-0.25, -0.2) is 13.2 Å². The van der Waals surface area contributed by atoms with Gasteiger partial charge in [0.2, 0.25) is 6.79 Å². The fourth-order valence-corrected chi connectivity index (χ4v) is 6.88. The lowest BCUT2D eigenvalue weighted by molar-refractivity contribution is -0.0115. The number of sulfonamides is 1. The van der Waals surface area contributed by atoms with Crippen LogP contribution in [0.1, 0.15) is 50.4 Å². The van der Waals surface area contributed by atoms with Crippen LogP contribution in [0.25, 0.3) is 0 Å². The van der Waals surface area contributed by atoms with Gasteiger partial charge in [-0.05, 0) is 75.6 Å². The molecule has 0 saturated carbocycles. The normalized spacial score (nSPS) is 20.5. The topological polar surface area (TPSA) is 156 Å². The van der Waals surface area contributed by atoms with E-state index in [4.69, 9.17) is 18.9 Å². The summed E-state index contributed by atoms with van der Waals surface area (Å²) in [5.41, 5.74) is 0.909. The van der Waals surface area contributed by atoms with Gasteiger partial charge in [0.15, 0.2) is 11.5 Å². The van der Waals surface area contributed by atoms with E-state index in [1.807, 2.05) is 13.8 Å². The number of nitrogens with one attached hydrogen (secondary N) is 2. The molecule has 2 aliphatic rings. The Morgan fingerprint density at radius 3 is 2.48 bits per heavy atom. The monoisotopic (exact) mass is 710 g/mol. The summed E-state index contributed by atoms with van der Waals surface area (Å²) in [6.45, 7) is 6.27. The fourth-order valence-electron chi connectivity index (χ4n) is 5.81. The molecule has 0 saturated heterocycles. The Hall–Kier alpha value is -4.53. The molecule has 0 bridgehead atoms. The molecule has 0 radical (unpaired) electrons. The zero-order chi connectivity index (χ0) is 35.8. The number of carbonyl (C=O) groups excluding carboxylic acids is 2. The smallest absolute Gasteiger partial charge is 0.321 e. The SMILES string of the molecule is C[C@H](CO)N1C[C@H](C)[C@@H](CN(C)C(=O)Nc2ccc3c(c2)OCO3)OCCCC[C@H](C)Oc2ccc(NS(=O)(=O)c3ccccc3)cc2C1=O. The number of urea groups is 1.